The number of carbonyl (C=O) groups is 4. The van der Waals surface area contributed by atoms with Crippen molar-refractivity contribution < 1.29 is 23.9 Å². The van der Waals surface area contributed by atoms with Crippen LogP contribution in [0.3, 0.4) is 0 Å². The average molecular weight is 435 g/mol. The maximum absolute atomic E-state index is 13.0. The lowest BCUT2D eigenvalue weighted by molar-refractivity contribution is -0.133. The molecule has 1 fully saturated rings. The van der Waals surface area contributed by atoms with E-state index in [-0.39, 0.29) is 5.78 Å². The Balaban J connectivity index is 1.69. The Labute approximate surface area is 186 Å². The number of hydrogen-bond donors (Lipinski definition) is 2. The van der Waals surface area contributed by atoms with Gasteiger partial charge in [0.2, 0.25) is 5.91 Å². The molecule has 1 unspecified atom stereocenters. The molecule has 0 bridgehead atoms. The molecule has 2 aromatic carbocycles. The molecule has 1 heterocycles. The number of ketones is 1. The Kier molecular flexibility index (Phi) is 6.43. The highest BCUT2D eigenvalue weighted by Crippen LogP contribution is 2.30. The number of imide groups is 1. The van der Waals surface area contributed by atoms with Crippen molar-refractivity contribution in [2.75, 3.05) is 18.5 Å². The van der Waals surface area contributed by atoms with E-state index in [9.17, 15) is 19.2 Å². The number of nitrogens with zero attached hydrogens (tertiary/aromatic N) is 1. The van der Waals surface area contributed by atoms with Crippen molar-refractivity contribution in [1.29, 1.82) is 0 Å². The Morgan fingerprint density at radius 1 is 1.12 bits per heavy atom. The predicted octanol–water partition coefficient (Wildman–Crippen LogP) is 3.25. The molecule has 0 spiro atoms. The molecule has 1 atom stereocenters. The highest BCUT2D eigenvalue weighted by Gasteiger charge is 2.49. The molecular weight excluding hydrogens is 410 g/mol. The molecule has 4 amide bonds. The first-order valence-corrected chi connectivity index (χ1v) is 10.0. The zero-order valence-corrected chi connectivity index (χ0v) is 18.2. The van der Waals surface area contributed by atoms with E-state index in [0.717, 1.165) is 10.5 Å². The second kappa shape index (κ2) is 9.05. The van der Waals surface area contributed by atoms with Crippen molar-refractivity contribution >= 4 is 29.3 Å². The van der Waals surface area contributed by atoms with Gasteiger partial charge in [-0.3, -0.25) is 19.3 Å². The molecule has 1 saturated heterocycles. The Morgan fingerprint density at radius 2 is 1.81 bits per heavy atom. The van der Waals surface area contributed by atoms with Crippen LogP contribution >= 0.6 is 0 Å². The first-order valence-electron chi connectivity index (χ1n) is 10.0. The third-order valence-electron chi connectivity index (χ3n) is 5.05. The van der Waals surface area contributed by atoms with Gasteiger partial charge in [0.05, 0.1) is 0 Å². The van der Waals surface area contributed by atoms with Crippen molar-refractivity contribution in [3.05, 3.63) is 71.8 Å². The molecule has 2 aromatic rings. The van der Waals surface area contributed by atoms with Gasteiger partial charge in [-0.15, -0.1) is 0 Å². The van der Waals surface area contributed by atoms with E-state index < -0.39 is 29.9 Å². The van der Waals surface area contributed by atoms with Crippen LogP contribution in [0, 0.1) is 0 Å². The van der Waals surface area contributed by atoms with Gasteiger partial charge in [-0.2, -0.15) is 0 Å². The number of benzene rings is 2. The summed E-state index contributed by atoms with van der Waals surface area (Å²) in [5.74, 6) is -0.615. The highest BCUT2D eigenvalue weighted by atomic mass is 16.5. The van der Waals surface area contributed by atoms with Crippen molar-refractivity contribution in [2.24, 2.45) is 0 Å². The lowest BCUT2D eigenvalue weighted by Gasteiger charge is -2.22. The lowest BCUT2D eigenvalue weighted by atomic mass is 9.92. The lowest BCUT2D eigenvalue weighted by Crippen LogP contribution is -2.42. The topological polar surface area (TPSA) is 105 Å². The average Bonchev–Trinajstić information content (AvgIpc) is 2.96. The fourth-order valence-corrected chi connectivity index (χ4v) is 3.29. The summed E-state index contributed by atoms with van der Waals surface area (Å²) in [6.45, 7) is 8.57. The highest BCUT2D eigenvalue weighted by molar-refractivity contribution is 6.10. The Hall–Kier alpha value is -3.94. The summed E-state index contributed by atoms with van der Waals surface area (Å²) in [5, 5.41) is 5.28. The van der Waals surface area contributed by atoms with E-state index in [4.69, 9.17) is 4.74 Å². The third kappa shape index (κ3) is 4.85. The van der Waals surface area contributed by atoms with Gasteiger partial charge in [0.25, 0.3) is 5.91 Å². The normalized spacial score (nSPS) is 17.7. The van der Waals surface area contributed by atoms with Crippen LogP contribution in [0.5, 0.6) is 5.75 Å². The zero-order chi connectivity index (χ0) is 23.5. The fourth-order valence-electron chi connectivity index (χ4n) is 3.29. The number of Topliss-reactive ketones (excluding diaryl/α,β-unsaturated/α-hetero) is 1. The Morgan fingerprint density at radius 3 is 2.44 bits per heavy atom. The standard InChI is InChI=1S/C24H25N3O5/c1-15(2)14-32-20-10-8-18(9-11-20)24(4)22(30)27(23(31)26-24)13-21(29)25-19-7-5-6-17(12-19)16(3)28/h5-12H,1,13-14H2,2-4H3,(H,25,29)(H,26,31). The van der Waals surface area contributed by atoms with Gasteiger partial charge in [0, 0.05) is 11.3 Å². The summed E-state index contributed by atoms with van der Waals surface area (Å²) in [6.07, 6.45) is 0. The molecular formula is C24H25N3O5. The van der Waals surface area contributed by atoms with Crippen molar-refractivity contribution in [3.63, 3.8) is 0 Å². The molecule has 8 heteroatoms. The molecule has 3 rings (SSSR count). The van der Waals surface area contributed by atoms with E-state index in [1.54, 1.807) is 49.4 Å². The number of anilines is 1. The number of nitrogens with one attached hydrogen (secondary N) is 2. The molecule has 0 aliphatic carbocycles. The number of urea groups is 1. The summed E-state index contributed by atoms with van der Waals surface area (Å²) in [6, 6.07) is 12.6. The number of carbonyl (C=O) groups excluding carboxylic acids is 4. The second-order valence-electron chi connectivity index (χ2n) is 7.90. The van der Waals surface area contributed by atoms with Gasteiger partial charge in [-0.1, -0.05) is 30.8 Å². The van der Waals surface area contributed by atoms with Crippen LogP contribution in [-0.2, 0) is 15.1 Å². The quantitative estimate of drug-likeness (QED) is 0.376. The van der Waals surface area contributed by atoms with Gasteiger partial charge in [0.1, 0.15) is 24.4 Å². The molecule has 1 aliphatic heterocycles. The van der Waals surface area contributed by atoms with E-state index in [1.165, 1.54) is 13.0 Å². The SMILES string of the molecule is C=C(C)COc1ccc(C2(C)NC(=O)N(CC(=O)Nc3cccc(C(C)=O)c3)C2=O)cc1. The van der Waals surface area contributed by atoms with Crippen LogP contribution in [0.1, 0.15) is 36.7 Å². The summed E-state index contributed by atoms with van der Waals surface area (Å²) < 4.78 is 5.56. The third-order valence-corrected chi connectivity index (χ3v) is 5.05. The molecule has 2 N–H and O–H groups in total. The van der Waals surface area contributed by atoms with Crippen LogP contribution in [0.25, 0.3) is 0 Å². The molecule has 1 aliphatic rings. The Bertz CT molecular complexity index is 1090. The zero-order valence-electron chi connectivity index (χ0n) is 18.2. The summed E-state index contributed by atoms with van der Waals surface area (Å²) in [7, 11) is 0. The van der Waals surface area contributed by atoms with Crippen molar-refractivity contribution in [3.8, 4) is 5.75 Å². The smallest absolute Gasteiger partial charge is 0.325 e. The van der Waals surface area contributed by atoms with Gasteiger partial charge in [-0.05, 0) is 56.2 Å². The van der Waals surface area contributed by atoms with E-state index in [2.05, 4.69) is 17.2 Å². The van der Waals surface area contributed by atoms with Gasteiger partial charge < -0.3 is 15.4 Å². The minimum Gasteiger partial charge on any atom is -0.489 e. The molecule has 0 radical (unpaired) electrons. The minimum absolute atomic E-state index is 0.137. The maximum atomic E-state index is 13.0. The number of amides is 4. The molecule has 166 valence electrons. The number of ether oxygens (including phenoxy) is 1. The van der Waals surface area contributed by atoms with E-state index in [1.807, 2.05) is 6.92 Å². The fraction of sp³-hybridized carbons (Fsp3) is 0.250. The van der Waals surface area contributed by atoms with Gasteiger partial charge >= 0.3 is 6.03 Å². The molecule has 8 nitrogen and oxygen atoms in total. The van der Waals surface area contributed by atoms with E-state index in [0.29, 0.717) is 29.2 Å². The van der Waals surface area contributed by atoms with Crippen LogP contribution in [0.4, 0.5) is 10.5 Å². The van der Waals surface area contributed by atoms with E-state index >= 15 is 0 Å². The largest absolute Gasteiger partial charge is 0.489 e. The van der Waals surface area contributed by atoms with Crippen LogP contribution in [0.2, 0.25) is 0 Å². The maximum Gasteiger partial charge on any atom is 0.325 e. The first kappa shape index (κ1) is 22.7. The number of hydrogen-bond acceptors (Lipinski definition) is 5. The van der Waals surface area contributed by atoms with Crippen LogP contribution in [0.15, 0.2) is 60.7 Å². The second-order valence-corrected chi connectivity index (χ2v) is 7.90. The molecule has 0 saturated carbocycles. The van der Waals surface area contributed by atoms with Crippen molar-refractivity contribution in [1.82, 2.24) is 10.2 Å². The predicted molar refractivity (Wildman–Crippen MR) is 119 cm³/mol. The van der Waals surface area contributed by atoms with Crippen molar-refractivity contribution in [2.45, 2.75) is 26.3 Å². The molecule has 0 aromatic heterocycles. The minimum atomic E-state index is -1.31. The number of rotatable bonds is 8. The summed E-state index contributed by atoms with van der Waals surface area (Å²) in [5.41, 5.74) is 0.986. The van der Waals surface area contributed by atoms with Gasteiger partial charge in [0.15, 0.2) is 5.78 Å². The monoisotopic (exact) mass is 435 g/mol. The molecule has 32 heavy (non-hydrogen) atoms. The van der Waals surface area contributed by atoms with Crippen LogP contribution in [-0.4, -0.2) is 41.7 Å². The summed E-state index contributed by atoms with van der Waals surface area (Å²) >= 11 is 0. The summed E-state index contributed by atoms with van der Waals surface area (Å²) in [4.78, 5) is 50.4. The first-order chi connectivity index (χ1) is 15.1. The van der Waals surface area contributed by atoms with Gasteiger partial charge in [-0.25, -0.2) is 4.79 Å². The van der Waals surface area contributed by atoms with Crippen LogP contribution < -0.4 is 15.4 Å².